The molecule has 0 aromatic carbocycles. The van der Waals surface area contributed by atoms with Crippen LogP contribution in [-0.4, -0.2) is 42.1 Å². The molecular weight excluding hydrogens is 288 g/mol. The Morgan fingerprint density at radius 2 is 1.95 bits per heavy atom. The van der Waals surface area contributed by atoms with Crippen LogP contribution in [0.25, 0.3) is 0 Å². The summed E-state index contributed by atoms with van der Waals surface area (Å²) < 4.78 is 5.70. The van der Waals surface area contributed by atoms with Crippen molar-refractivity contribution in [2.75, 3.05) is 19.7 Å². The second-order valence-electron chi connectivity index (χ2n) is 6.70. The van der Waals surface area contributed by atoms with Gasteiger partial charge in [0, 0.05) is 31.5 Å². The van der Waals surface area contributed by atoms with E-state index in [0.717, 1.165) is 19.5 Å². The molecule has 1 aliphatic carbocycles. The monoisotopic (exact) mass is 320 g/mol. The number of carbonyl (C=O) groups excluding carboxylic acids is 1. The highest BCUT2D eigenvalue weighted by Gasteiger charge is 2.63. The highest BCUT2D eigenvalue weighted by Crippen LogP contribution is 2.50. The van der Waals surface area contributed by atoms with Crippen molar-refractivity contribution in [3.05, 3.63) is 0 Å². The van der Waals surface area contributed by atoms with Crippen LogP contribution in [0.5, 0.6) is 0 Å². The molecule has 0 radical (unpaired) electrons. The van der Waals surface area contributed by atoms with Crippen LogP contribution in [0.1, 0.15) is 54.4 Å². The van der Waals surface area contributed by atoms with E-state index in [4.69, 9.17) is 10.5 Å². The molecule has 3 unspecified atom stereocenters. The Balaban J connectivity index is 0.00000400. The van der Waals surface area contributed by atoms with Gasteiger partial charge in [-0.2, -0.15) is 0 Å². The molecule has 1 aliphatic rings. The number of hydrogen-bond acceptors (Lipinski definition) is 3. The maximum Gasteiger partial charge on any atom is 0.243 e. The van der Waals surface area contributed by atoms with Gasteiger partial charge >= 0.3 is 0 Å². The minimum Gasteiger partial charge on any atom is -0.378 e. The summed E-state index contributed by atoms with van der Waals surface area (Å²) in [6.07, 6.45) is 1.79. The van der Waals surface area contributed by atoms with Crippen LogP contribution in [0.2, 0.25) is 0 Å². The summed E-state index contributed by atoms with van der Waals surface area (Å²) in [4.78, 5) is 14.8. The third-order valence-electron chi connectivity index (χ3n) is 5.11. The lowest BCUT2D eigenvalue weighted by Gasteiger charge is -2.58. The van der Waals surface area contributed by atoms with Crippen LogP contribution in [0.3, 0.4) is 0 Å². The number of carbonyl (C=O) groups is 1. The van der Waals surface area contributed by atoms with Crippen molar-refractivity contribution in [3.8, 4) is 0 Å². The van der Waals surface area contributed by atoms with Crippen LogP contribution in [-0.2, 0) is 9.53 Å². The fourth-order valence-electron chi connectivity index (χ4n) is 2.94. The number of hydrogen-bond donors (Lipinski definition) is 1. The minimum atomic E-state index is -0.781. The summed E-state index contributed by atoms with van der Waals surface area (Å²) in [5.41, 5.74) is 5.38. The summed E-state index contributed by atoms with van der Waals surface area (Å²) in [5.74, 6) is 0.592. The lowest BCUT2D eigenvalue weighted by atomic mass is 9.54. The number of amides is 1. The van der Waals surface area contributed by atoms with Gasteiger partial charge in [0.05, 0.1) is 6.10 Å². The summed E-state index contributed by atoms with van der Waals surface area (Å²) in [5, 5.41) is 0. The standard InChI is InChI=1S/C16H32N2O2.ClH/c1-7-12(4)11-18(8-2)14(19)16(17)10-13(20-9-3)15(16,5)6;/h12-13H,7-11,17H2,1-6H3;1H. The molecule has 0 bridgehead atoms. The maximum atomic E-state index is 12.8. The smallest absolute Gasteiger partial charge is 0.243 e. The quantitative estimate of drug-likeness (QED) is 0.784. The number of rotatable bonds is 7. The first-order valence-electron chi connectivity index (χ1n) is 7.94. The topological polar surface area (TPSA) is 55.6 Å². The highest BCUT2D eigenvalue weighted by atomic mass is 35.5. The Bertz CT molecular complexity index is 349. The maximum absolute atomic E-state index is 12.8. The molecule has 0 spiro atoms. The fourth-order valence-corrected chi connectivity index (χ4v) is 2.94. The molecule has 2 N–H and O–H groups in total. The summed E-state index contributed by atoms with van der Waals surface area (Å²) in [6, 6.07) is 0. The molecule has 0 heterocycles. The van der Waals surface area contributed by atoms with Crippen molar-refractivity contribution in [1.82, 2.24) is 4.90 Å². The van der Waals surface area contributed by atoms with Crippen molar-refractivity contribution < 1.29 is 9.53 Å². The first kappa shape index (κ1) is 20.7. The summed E-state index contributed by atoms with van der Waals surface area (Å²) >= 11 is 0. The summed E-state index contributed by atoms with van der Waals surface area (Å²) in [6.45, 7) is 14.6. The molecule has 0 saturated heterocycles. The van der Waals surface area contributed by atoms with Gasteiger partial charge in [-0.3, -0.25) is 4.79 Å². The Hall–Kier alpha value is -0.320. The van der Waals surface area contributed by atoms with Gasteiger partial charge in [-0.1, -0.05) is 34.1 Å². The zero-order chi connectivity index (χ0) is 15.6. The predicted molar refractivity (Wildman–Crippen MR) is 89.7 cm³/mol. The van der Waals surface area contributed by atoms with Gasteiger partial charge in [0.15, 0.2) is 0 Å². The van der Waals surface area contributed by atoms with Gasteiger partial charge in [0.25, 0.3) is 0 Å². The first-order valence-corrected chi connectivity index (χ1v) is 7.94. The molecule has 1 saturated carbocycles. The Labute approximate surface area is 136 Å². The second kappa shape index (κ2) is 7.80. The van der Waals surface area contributed by atoms with Gasteiger partial charge < -0.3 is 15.4 Å². The van der Waals surface area contributed by atoms with Gasteiger partial charge in [-0.05, 0) is 19.8 Å². The molecule has 0 aromatic rings. The van der Waals surface area contributed by atoms with Crippen molar-refractivity contribution in [3.63, 3.8) is 0 Å². The van der Waals surface area contributed by atoms with Crippen LogP contribution in [0, 0.1) is 11.3 Å². The average molecular weight is 321 g/mol. The molecule has 3 atom stereocenters. The normalized spacial score (nSPS) is 28.2. The SMILES string of the molecule is CCOC1CC(N)(C(=O)N(CC)CC(C)CC)C1(C)C.Cl. The Morgan fingerprint density at radius 1 is 1.38 bits per heavy atom. The third-order valence-corrected chi connectivity index (χ3v) is 5.11. The number of halogens is 1. The van der Waals surface area contributed by atoms with E-state index in [-0.39, 0.29) is 29.8 Å². The van der Waals surface area contributed by atoms with Crippen molar-refractivity contribution >= 4 is 18.3 Å². The van der Waals surface area contributed by atoms with Crippen LogP contribution < -0.4 is 5.73 Å². The van der Waals surface area contributed by atoms with E-state index in [0.29, 0.717) is 18.9 Å². The van der Waals surface area contributed by atoms with Crippen LogP contribution in [0.4, 0.5) is 0 Å². The molecule has 126 valence electrons. The molecule has 0 aromatic heterocycles. The zero-order valence-electron chi connectivity index (χ0n) is 14.4. The molecule has 0 aliphatic heterocycles. The van der Waals surface area contributed by atoms with E-state index in [9.17, 15) is 4.79 Å². The Kier molecular flexibility index (Phi) is 7.68. The van der Waals surface area contributed by atoms with Gasteiger partial charge in [-0.25, -0.2) is 0 Å². The lowest BCUT2D eigenvalue weighted by Crippen LogP contribution is -2.76. The molecule has 4 nitrogen and oxygen atoms in total. The van der Waals surface area contributed by atoms with Crippen LogP contribution >= 0.6 is 12.4 Å². The Morgan fingerprint density at radius 3 is 2.33 bits per heavy atom. The van der Waals surface area contributed by atoms with E-state index in [1.807, 2.05) is 32.6 Å². The molecule has 21 heavy (non-hydrogen) atoms. The summed E-state index contributed by atoms with van der Waals surface area (Å²) in [7, 11) is 0. The van der Waals surface area contributed by atoms with Crippen molar-refractivity contribution in [2.45, 2.75) is 66.0 Å². The number of nitrogens with two attached hydrogens (primary N) is 1. The molecule has 5 heteroatoms. The highest BCUT2D eigenvalue weighted by molar-refractivity contribution is 5.89. The van der Waals surface area contributed by atoms with Crippen molar-refractivity contribution in [1.29, 1.82) is 0 Å². The molecule has 1 fully saturated rings. The van der Waals surface area contributed by atoms with E-state index in [1.54, 1.807) is 0 Å². The van der Waals surface area contributed by atoms with E-state index < -0.39 is 5.54 Å². The largest absolute Gasteiger partial charge is 0.378 e. The second-order valence-corrected chi connectivity index (χ2v) is 6.70. The zero-order valence-corrected chi connectivity index (χ0v) is 15.3. The third kappa shape index (κ3) is 3.72. The van der Waals surface area contributed by atoms with E-state index in [2.05, 4.69) is 13.8 Å². The molecule has 1 amide bonds. The average Bonchev–Trinajstić information content (AvgIpc) is 2.43. The van der Waals surface area contributed by atoms with Gasteiger partial charge in [0.2, 0.25) is 5.91 Å². The minimum absolute atomic E-state index is 0. The van der Waals surface area contributed by atoms with Gasteiger partial charge in [0.1, 0.15) is 5.54 Å². The number of likely N-dealkylation sites (N-methyl/N-ethyl adjacent to an activating group) is 1. The fraction of sp³-hybridized carbons (Fsp3) is 0.938. The predicted octanol–water partition coefficient (Wildman–Crippen LogP) is 2.84. The van der Waals surface area contributed by atoms with E-state index in [1.165, 1.54) is 0 Å². The lowest BCUT2D eigenvalue weighted by molar-refractivity contribution is -0.179. The molecular formula is C16H33ClN2O2. The number of ether oxygens (including phenoxy) is 1. The molecule has 1 rings (SSSR count). The van der Waals surface area contributed by atoms with E-state index >= 15 is 0 Å². The van der Waals surface area contributed by atoms with Crippen molar-refractivity contribution in [2.24, 2.45) is 17.1 Å². The van der Waals surface area contributed by atoms with Gasteiger partial charge in [-0.15, -0.1) is 12.4 Å². The first-order chi connectivity index (χ1) is 9.24. The van der Waals surface area contributed by atoms with Crippen LogP contribution in [0.15, 0.2) is 0 Å². The number of nitrogens with zero attached hydrogens (tertiary/aromatic N) is 1.